The second kappa shape index (κ2) is 13.2. The summed E-state index contributed by atoms with van der Waals surface area (Å²) in [7, 11) is 0. The van der Waals surface area contributed by atoms with Crippen LogP contribution in [0.3, 0.4) is 0 Å². The molecule has 2 aliphatic heterocycles. The molecule has 5 rings (SSSR count). The quantitative estimate of drug-likeness (QED) is 0.289. The molecule has 0 aromatic heterocycles. The molecule has 8 nitrogen and oxygen atoms in total. The van der Waals surface area contributed by atoms with Gasteiger partial charge in [0.15, 0.2) is 5.60 Å². The summed E-state index contributed by atoms with van der Waals surface area (Å²) < 4.78 is 0.742. The maximum atomic E-state index is 13.9. The predicted octanol–water partition coefficient (Wildman–Crippen LogP) is 4.91. The molecule has 0 bridgehead atoms. The third-order valence-electron chi connectivity index (χ3n) is 8.21. The van der Waals surface area contributed by atoms with Crippen molar-refractivity contribution in [3.8, 4) is 0 Å². The Balaban J connectivity index is 1.31. The van der Waals surface area contributed by atoms with Gasteiger partial charge in [-0.05, 0) is 47.9 Å². The summed E-state index contributed by atoms with van der Waals surface area (Å²) in [5, 5.41) is 21.5. The monoisotopic (exact) mass is 645 g/mol. The SMILES string of the molecule is C[C@H](/C=C/CC(=O)N(CCO)Cc1ccccc1)[C@@]1(O)C(=O)N(Cc2ccc(N3CCCC3=O)cc2)c2ccc(Br)cc21. The molecule has 2 atom stereocenters. The van der Waals surface area contributed by atoms with E-state index in [0.29, 0.717) is 30.8 Å². The van der Waals surface area contributed by atoms with E-state index >= 15 is 0 Å². The van der Waals surface area contributed by atoms with Gasteiger partial charge >= 0.3 is 0 Å². The second-order valence-electron chi connectivity index (χ2n) is 11.1. The highest BCUT2D eigenvalue weighted by Crippen LogP contribution is 2.46. The molecule has 0 saturated carbocycles. The van der Waals surface area contributed by atoms with Crippen LogP contribution in [0.4, 0.5) is 11.4 Å². The Morgan fingerprint density at radius 1 is 1.07 bits per heavy atom. The lowest BCUT2D eigenvalue weighted by atomic mass is 9.83. The molecule has 0 spiro atoms. The molecule has 2 N–H and O–H groups in total. The van der Waals surface area contributed by atoms with Gasteiger partial charge in [-0.15, -0.1) is 0 Å². The van der Waals surface area contributed by atoms with Gasteiger partial charge < -0.3 is 24.9 Å². The number of nitrogens with zero attached hydrogens (tertiary/aromatic N) is 3. The zero-order chi connectivity index (χ0) is 30.6. The number of carbonyl (C=O) groups is 3. The van der Waals surface area contributed by atoms with Crippen molar-refractivity contribution in [2.24, 2.45) is 5.92 Å². The van der Waals surface area contributed by atoms with Crippen LogP contribution in [0, 0.1) is 5.92 Å². The van der Waals surface area contributed by atoms with Gasteiger partial charge in [-0.3, -0.25) is 14.4 Å². The first-order chi connectivity index (χ1) is 20.7. The average Bonchev–Trinajstić information content (AvgIpc) is 3.53. The van der Waals surface area contributed by atoms with E-state index in [1.165, 1.54) is 0 Å². The normalized spacial score (nSPS) is 18.9. The van der Waals surface area contributed by atoms with Crippen molar-refractivity contribution >= 4 is 45.0 Å². The molecular formula is C34H36BrN3O5. The molecule has 3 amide bonds. The summed E-state index contributed by atoms with van der Waals surface area (Å²) in [6.45, 7) is 3.19. The Hall–Kier alpha value is -3.79. The van der Waals surface area contributed by atoms with Crippen molar-refractivity contribution < 1.29 is 24.6 Å². The number of carbonyl (C=O) groups excluding carboxylic acids is 3. The Kier molecular flexibility index (Phi) is 9.44. The largest absolute Gasteiger partial charge is 0.395 e. The lowest BCUT2D eigenvalue weighted by Crippen LogP contribution is -2.44. The van der Waals surface area contributed by atoms with Crippen molar-refractivity contribution in [2.75, 3.05) is 29.5 Å². The van der Waals surface area contributed by atoms with Gasteiger partial charge in [-0.1, -0.05) is 77.5 Å². The minimum atomic E-state index is -1.82. The molecule has 2 heterocycles. The van der Waals surface area contributed by atoms with E-state index < -0.39 is 17.4 Å². The molecule has 0 radical (unpaired) electrons. The minimum absolute atomic E-state index is 0.0718. The molecule has 43 heavy (non-hydrogen) atoms. The number of hydrogen-bond donors (Lipinski definition) is 2. The van der Waals surface area contributed by atoms with Gasteiger partial charge in [0.25, 0.3) is 5.91 Å². The van der Waals surface area contributed by atoms with Crippen LogP contribution in [0.15, 0.2) is 89.4 Å². The number of amides is 3. The standard InChI is InChI=1S/C34H36BrN3O5/c1-24(7-5-10-31(40)36(19-20-39)22-25-8-3-2-4-9-25)34(43)29-21-27(35)14-17-30(29)38(33(34)42)23-26-12-15-28(16-13-26)37-18-6-11-32(37)41/h2-5,7-9,12-17,21,24,39,43H,6,10-11,18-20,22-23H2,1H3/b7-5+/t24-,34+/m1/s1. The Labute approximate surface area is 260 Å². The molecule has 1 saturated heterocycles. The van der Waals surface area contributed by atoms with Crippen LogP contribution in [-0.2, 0) is 33.1 Å². The summed E-state index contributed by atoms with van der Waals surface area (Å²) in [5.41, 5.74) is 1.99. The molecule has 0 aliphatic carbocycles. The lowest BCUT2D eigenvalue weighted by molar-refractivity contribution is -0.139. The van der Waals surface area contributed by atoms with Crippen LogP contribution < -0.4 is 9.80 Å². The summed E-state index contributed by atoms with van der Waals surface area (Å²) >= 11 is 3.49. The van der Waals surface area contributed by atoms with Crippen LogP contribution in [0.1, 0.15) is 42.9 Å². The van der Waals surface area contributed by atoms with Gasteiger partial charge in [0.1, 0.15) is 0 Å². The molecule has 1 fully saturated rings. The highest BCUT2D eigenvalue weighted by molar-refractivity contribution is 9.10. The van der Waals surface area contributed by atoms with Crippen molar-refractivity contribution in [3.05, 3.63) is 106 Å². The maximum Gasteiger partial charge on any atom is 0.264 e. The Morgan fingerprint density at radius 3 is 2.49 bits per heavy atom. The van der Waals surface area contributed by atoms with Gasteiger partial charge in [0, 0.05) is 54.1 Å². The van der Waals surface area contributed by atoms with E-state index in [4.69, 9.17) is 0 Å². The van der Waals surface area contributed by atoms with Crippen LogP contribution in [0.25, 0.3) is 0 Å². The number of hydrogen-bond acceptors (Lipinski definition) is 5. The third-order valence-corrected chi connectivity index (χ3v) is 8.70. The smallest absolute Gasteiger partial charge is 0.264 e. The Bertz CT molecular complexity index is 1510. The molecule has 9 heteroatoms. The number of fused-ring (bicyclic) bond motifs is 1. The van der Waals surface area contributed by atoms with E-state index in [-0.39, 0.29) is 37.9 Å². The van der Waals surface area contributed by atoms with Gasteiger partial charge in [-0.2, -0.15) is 0 Å². The average molecular weight is 647 g/mol. The lowest BCUT2D eigenvalue weighted by Gasteiger charge is -2.28. The highest BCUT2D eigenvalue weighted by atomic mass is 79.9. The Morgan fingerprint density at radius 2 is 1.81 bits per heavy atom. The van der Waals surface area contributed by atoms with E-state index in [1.807, 2.05) is 66.7 Å². The summed E-state index contributed by atoms with van der Waals surface area (Å²) in [5.74, 6) is -1.10. The summed E-state index contributed by atoms with van der Waals surface area (Å²) in [4.78, 5) is 44.0. The fraction of sp³-hybridized carbons (Fsp3) is 0.324. The predicted molar refractivity (Wildman–Crippen MR) is 169 cm³/mol. The summed E-state index contributed by atoms with van der Waals surface area (Å²) in [6.07, 6.45) is 4.88. The number of aliphatic hydroxyl groups excluding tert-OH is 1. The second-order valence-corrected chi connectivity index (χ2v) is 12.0. The molecule has 224 valence electrons. The summed E-state index contributed by atoms with van der Waals surface area (Å²) in [6, 6.07) is 22.6. The topological polar surface area (TPSA) is 101 Å². The fourth-order valence-corrected chi connectivity index (χ4v) is 6.18. The van der Waals surface area contributed by atoms with Crippen LogP contribution in [0.5, 0.6) is 0 Å². The number of anilines is 2. The van der Waals surface area contributed by atoms with Gasteiger partial charge in [-0.25, -0.2) is 0 Å². The van der Waals surface area contributed by atoms with E-state index in [9.17, 15) is 24.6 Å². The highest BCUT2D eigenvalue weighted by Gasteiger charge is 2.52. The zero-order valence-electron chi connectivity index (χ0n) is 24.2. The first kappa shape index (κ1) is 30.7. The maximum absolute atomic E-state index is 13.9. The number of halogens is 1. The zero-order valence-corrected chi connectivity index (χ0v) is 25.7. The molecule has 0 unspecified atom stereocenters. The van der Waals surface area contributed by atoms with Crippen molar-refractivity contribution in [1.29, 1.82) is 0 Å². The molecule has 3 aromatic rings. The molecule has 2 aliphatic rings. The van der Waals surface area contributed by atoms with Crippen LogP contribution in [0.2, 0.25) is 0 Å². The molecule has 3 aromatic carbocycles. The van der Waals surface area contributed by atoms with Gasteiger partial charge in [0.2, 0.25) is 11.8 Å². The van der Waals surface area contributed by atoms with Crippen molar-refractivity contribution in [1.82, 2.24) is 4.90 Å². The molecular weight excluding hydrogens is 610 g/mol. The van der Waals surface area contributed by atoms with Crippen LogP contribution >= 0.6 is 15.9 Å². The minimum Gasteiger partial charge on any atom is -0.395 e. The first-order valence-corrected chi connectivity index (χ1v) is 15.3. The van der Waals surface area contributed by atoms with Gasteiger partial charge in [0.05, 0.1) is 18.8 Å². The van der Waals surface area contributed by atoms with E-state index in [2.05, 4.69) is 15.9 Å². The third kappa shape index (κ3) is 6.44. The van der Waals surface area contributed by atoms with E-state index in [0.717, 1.165) is 27.7 Å². The first-order valence-electron chi connectivity index (χ1n) is 14.5. The van der Waals surface area contributed by atoms with Crippen molar-refractivity contribution in [3.63, 3.8) is 0 Å². The van der Waals surface area contributed by atoms with E-state index in [1.54, 1.807) is 39.8 Å². The van der Waals surface area contributed by atoms with Crippen molar-refractivity contribution in [2.45, 2.75) is 44.9 Å². The number of rotatable bonds is 11. The number of aliphatic hydroxyl groups is 2. The van der Waals surface area contributed by atoms with Crippen LogP contribution in [-0.4, -0.2) is 52.5 Å². The fourth-order valence-electron chi connectivity index (χ4n) is 5.82. The number of benzene rings is 3.